The van der Waals surface area contributed by atoms with Gasteiger partial charge in [0.1, 0.15) is 5.75 Å². The fourth-order valence-corrected chi connectivity index (χ4v) is 2.20. The first kappa shape index (κ1) is 26.4. The molecule has 0 amide bonds. The summed E-state index contributed by atoms with van der Waals surface area (Å²) < 4.78 is 5.40. The number of aliphatic hydroxyl groups excluding tert-OH is 2. The number of thiocarbonyl (C=S) groups is 2. The third-order valence-electron chi connectivity index (χ3n) is 3.25. The van der Waals surface area contributed by atoms with Crippen molar-refractivity contribution in [3.8, 4) is 5.75 Å². The Hall–Kier alpha value is -0.840. The van der Waals surface area contributed by atoms with Crippen LogP contribution in [0.15, 0.2) is 24.3 Å². The Morgan fingerprint density at radius 2 is 1.52 bits per heavy atom. The van der Waals surface area contributed by atoms with Crippen LogP contribution in [-0.2, 0) is 0 Å². The van der Waals surface area contributed by atoms with E-state index in [0.717, 1.165) is 38.5 Å². The summed E-state index contributed by atoms with van der Waals surface area (Å²) >= 11 is 7.74. The van der Waals surface area contributed by atoms with Crippen molar-refractivity contribution in [1.82, 2.24) is 4.90 Å². The Bertz CT molecular complexity index is 495. The number of benzene rings is 1. The number of para-hydroxylation sites is 2. The number of likely N-dealkylation sites (N-methyl/N-ethyl adjacent to an activating group) is 1. The minimum atomic E-state index is -0.500. The summed E-state index contributed by atoms with van der Waals surface area (Å²) in [6.45, 7) is 7.85. The van der Waals surface area contributed by atoms with Crippen LogP contribution in [-0.4, -0.2) is 94.9 Å². The van der Waals surface area contributed by atoms with E-state index in [1.54, 1.807) is 7.11 Å². The first-order valence-electron chi connectivity index (χ1n) is 7.38. The molecule has 138 valence electrons. The van der Waals surface area contributed by atoms with E-state index >= 15 is 0 Å². The normalized spacial score (nSPS) is 13.1. The van der Waals surface area contributed by atoms with E-state index in [0.29, 0.717) is 0 Å². The molecule has 1 aliphatic rings. The zero-order valence-electron chi connectivity index (χ0n) is 14.0. The Labute approximate surface area is 182 Å². The van der Waals surface area contributed by atoms with Crippen molar-refractivity contribution in [3.05, 3.63) is 24.3 Å². The van der Waals surface area contributed by atoms with E-state index in [-0.39, 0.29) is 29.6 Å². The summed E-state index contributed by atoms with van der Waals surface area (Å²) in [6.07, 6.45) is 0. The summed E-state index contributed by atoms with van der Waals surface area (Å²) in [7, 11) is 1.74. The van der Waals surface area contributed by atoms with Crippen molar-refractivity contribution < 1.29 is 14.9 Å². The van der Waals surface area contributed by atoms with Gasteiger partial charge in [0.15, 0.2) is 0 Å². The number of nitrogens with two attached hydrogens (primary N) is 2. The standard InChI is InChI=1S/C13H20N2O.2CH3NOS.Na.H/c1-3-14-8-10-15(11-9-14)12-6-4-5-7-13(12)16-2;2*2-1(3)4;;/h4-7H,3,8-11H2,1-2H3;2*(H3,2,3,4);;. The quantitative estimate of drug-likeness (QED) is 0.433. The zero-order valence-corrected chi connectivity index (χ0v) is 15.6. The molecule has 1 saturated heterocycles. The van der Waals surface area contributed by atoms with Gasteiger partial charge in [-0.1, -0.05) is 19.1 Å². The number of methoxy groups -OCH3 is 1. The number of piperazine rings is 1. The van der Waals surface area contributed by atoms with E-state index in [9.17, 15) is 0 Å². The summed E-state index contributed by atoms with van der Waals surface area (Å²) in [5.74, 6) is 0.979. The maximum atomic E-state index is 7.56. The molecule has 1 heterocycles. The molecule has 0 bridgehead atoms. The van der Waals surface area contributed by atoms with E-state index < -0.39 is 10.3 Å². The molecule has 0 spiro atoms. The van der Waals surface area contributed by atoms with Crippen LogP contribution in [0.5, 0.6) is 5.75 Å². The number of anilines is 1. The van der Waals surface area contributed by atoms with Gasteiger partial charge in [0.2, 0.25) is 0 Å². The molecule has 0 aliphatic carbocycles. The van der Waals surface area contributed by atoms with Gasteiger partial charge in [-0.3, -0.25) is 0 Å². The molecule has 1 aliphatic heterocycles. The molecule has 0 atom stereocenters. The van der Waals surface area contributed by atoms with Crippen LogP contribution < -0.4 is 21.1 Å². The molecule has 6 N–H and O–H groups in total. The van der Waals surface area contributed by atoms with Crippen molar-refractivity contribution in [1.29, 1.82) is 0 Å². The van der Waals surface area contributed by atoms with Gasteiger partial charge in [-0.25, -0.2) is 0 Å². The summed E-state index contributed by atoms with van der Waals surface area (Å²) in [6, 6.07) is 8.26. The van der Waals surface area contributed by atoms with Gasteiger partial charge in [-0.2, -0.15) is 0 Å². The van der Waals surface area contributed by atoms with Crippen molar-refractivity contribution in [2.45, 2.75) is 6.92 Å². The van der Waals surface area contributed by atoms with E-state index in [2.05, 4.69) is 64.8 Å². The van der Waals surface area contributed by atoms with Gasteiger partial charge in [0, 0.05) is 26.2 Å². The number of hydrogen-bond donors (Lipinski definition) is 4. The van der Waals surface area contributed by atoms with Crippen LogP contribution >= 0.6 is 24.4 Å². The van der Waals surface area contributed by atoms with Crippen LogP contribution in [0, 0.1) is 0 Å². The SMILES string of the molecule is CCN1CCN(c2ccccc2OC)CC1.NC(O)=S.NC(O)=S.[NaH]. The predicted molar refractivity (Wildman–Crippen MR) is 113 cm³/mol. The topological polar surface area (TPSA) is 108 Å². The molecule has 0 unspecified atom stereocenters. The summed E-state index contributed by atoms with van der Waals surface area (Å²) in [5.41, 5.74) is 10.0. The molecule has 2 rings (SSSR count). The molecule has 10 heteroatoms. The van der Waals surface area contributed by atoms with Crippen LogP contribution in [0.2, 0.25) is 0 Å². The molecule has 1 fully saturated rings. The van der Waals surface area contributed by atoms with Crippen LogP contribution in [0.25, 0.3) is 0 Å². The molecule has 0 aromatic heterocycles. The van der Waals surface area contributed by atoms with Crippen molar-refractivity contribution >= 4 is 70.0 Å². The maximum absolute atomic E-state index is 7.56. The van der Waals surface area contributed by atoms with E-state index in [1.165, 1.54) is 5.69 Å². The molecule has 1 aromatic carbocycles. The average Bonchev–Trinajstić information content (AvgIpc) is 2.54. The Kier molecular flexibility index (Phi) is 16.3. The average molecular weight is 399 g/mol. The predicted octanol–water partition coefficient (Wildman–Crippen LogP) is 0.765. The number of aliphatic hydroxyl groups is 2. The Morgan fingerprint density at radius 3 is 1.92 bits per heavy atom. The van der Waals surface area contributed by atoms with Crippen molar-refractivity contribution in [2.75, 3.05) is 44.7 Å². The van der Waals surface area contributed by atoms with Crippen LogP contribution in [0.4, 0.5) is 5.69 Å². The molecule has 25 heavy (non-hydrogen) atoms. The third kappa shape index (κ3) is 13.1. The molecule has 0 saturated carbocycles. The van der Waals surface area contributed by atoms with Crippen LogP contribution in [0.3, 0.4) is 0 Å². The van der Waals surface area contributed by atoms with Gasteiger partial charge in [0.05, 0.1) is 12.8 Å². The first-order chi connectivity index (χ1) is 11.3. The Balaban J connectivity index is 0. The zero-order chi connectivity index (χ0) is 18.5. The molecule has 1 aromatic rings. The third-order valence-corrected chi connectivity index (χ3v) is 3.25. The van der Waals surface area contributed by atoms with Crippen LogP contribution in [0.1, 0.15) is 6.92 Å². The molecule has 0 radical (unpaired) electrons. The van der Waals surface area contributed by atoms with Crippen molar-refractivity contribution in [2.24, 2.45) is 11.5 Å². The first-order valence-corrected chi connectivity index (χ1v) is 8.20. The molecule has 7 nitrogen and oxygen atoms in total. The Morgan fingerprint density at radius 1 is 1.08 bits per heavy atom. The van der Waals surface area contributed by atoms with Gasteiger partial charge in [-0.15, -0.1) is 0 Å². The number of hydrogen-bond acceptors (Lipinski definition) is 5. The van der Waals surface area contributed by atoms with Gasteiger partial charge >= 0.3 is 29.6 Å². The second-order valence-corrected chi connectivity index (χ2v) is 5.61. The van der Waals surface area contributed by atoms with Gasteiger partial charge in [-0.05, 0) is 43.1 Å². The van der Waals surface area contributed by atoms with E-state index in [4.69, 9.17) is 14.9 Å². The fraction of sp³-hybridized carbons (Fsp3) is 0.467. The number of ether oxygens (including phenoxy) is 1. The second kappa shape index (κ2) is 15.4. The monoisotopic (exact) mass is 398 g/mol. The fourth-order valence-electron chi connectivity index (χ4n) is 2.20. The second-order valence-electron chi connectivity index (χ2n) is 4.77. The molecular weight excluding hydrogens is 371 g/mol. The van der Waals surface area contributed by atoms with Gasteiger partial charge < -0.3 is 36.2 Å². The molecular formula is C15H27N4NaO3S2. The summed E-state index contributed by atoms with van der Waals surface area (Å²) in [4.78, 5) is 4.89. The van der Waals surface area contributed by atoms with Crippen molar-refractivity contribution in [3.63, 3.8) is 0 Å². The minimum absolute atomic E-state index is 0. The van der Waals surface area contributed by atoms with E-state index in [1.807, 2.05) is 12.1 Å². The number of rotatable bonds is 3. The van der Waals surface area contributed by atoms with Gasteiger partial charge in [0.25, 0.3) is 10.3 Å². The summed E-state index contributed by atoms with van der Waals surface area (Å²) in [5, 5.41) is 14.1. The number of nitrogens with zero attached hydrogens (tertiary/aromatic N) is 2.